The molecule has 122 valence electrons. The Kier molecular flexibility index (Phi) is 6.46. The van der Waals surface area contributed by atoms with Crippen LogP contribution in [0.4, 0.5) is 14.9 Å². The van der Waals surface area contributed by atoms with E-state index in [1.807, 2.05) is 0 Å². The number of carbonyl (C=O) groups excluding carboxylic acids is 1. The highest BCUT2D eigenvalue weighted by atomic mass is 35.5. The average molecular weight is 328 g/mol. The molecule has 22 heavy (non-hydrogen) atoms. The molecular weight excluding hydrogens is 305 g/mol. The van der Waals surface area contributed by atoms with Gasteiger partial charge in [-0.15, -0.1) is 0 Å². The van der Waals surface area contributed by atoms with Crippen molar-refractivity contribution in [2.75, 3.05) is 31.5 Å². The SMILES string of the molecule is CC1CCN(CCCNC(=O)Nc2ccc(F)cc2Cl)CC1. The summed E-state index contributed by atoms with van der Waals surface area (Å²) in [5.74, 6) is 0.410. The van der Waals surface area contributed by atoms with E-state index in [-0.39, 0.29) is 11.1 Å². The molecule has 1 heterocycles. The number of halogens is 2. The van der Waals surface area contributed by atoms with E-state index in [2.05, 4.69) is 22.5 Å². The van der Waals surface area contributed by atoms with Crippen LogP contribution in [0, 0.1) is 11.7 Å². The van der Waals surface area contributed by atoms with Gasteiger partial charge in [-0.25, -0.2) is 9.18 Å². The smallest absolute Gasteiger partial charge is 0.319 e. The largest absolute Gasteiger partial charge is 0.338 e. The molecule has 2 rings (SSSR count). The Balaban J connectivity index is 1.63. The summed E-state index contributed by atoms with van der Waals surface area (Å²) in [6, 6.07) is 3.57. The summed E-state index contributed by atoms with van der Waals surface area (Å²) < 4.78 is 12.9. The van der Waals surface area contributed by atoms with Crippen LogP contribution in [0.2, 0.25) is 5.02 Å². The highest BCUT2D eigenvalue weighted by molar-refractivity contribution is 6.33. The molecule has 1 aliphatic heterocycles. The molecule has 6 heteroatoms. The van der Waals surface area contributed by atoms with Crippen LogP contribution >= 0.6 is 11.6 Å². The first-order valence-electron chi connectivity index (χ1n) is 7.77. The summed E-state index contributed by atoms with van der Waals surface area (Å²) in [6.07, 6.45) is 3.44. The van der Waals surface area contributed by atoms with Gasteiger partial charge in [0.2, 0.25) is 0 Å². The standard InChI is InChI=1S/C16H23ClFN3O/c1-12-5-9-21(10-6-12)8-2-7-19-16(22)20-15-4-3-13(18)11-14(15)17/h3-4,11-12H,2,5-10H2,1H3,(H2,19,20,22). The minimum Gasteiger partial charge on any atom is -0.338 e. The molecule has 0 atom stereocenters. The van der Waals surface area contributed by atoms with E-state index >= 15 is 0 Å². The van der Waals surface area contributed by atoms with Gasteiger partial charge in [0.05, 0.1) is 10.7 Å². The first-order valence-corrected chi connectivity index (χ1v) is 8.14. The van der Waals surface area contributed by atoms with Crippen LogP contribution in [-0.2, 0) is 0 Å². The summed E-state index contributed by atoms with van der Waals surface area (Å²) in [5.41, 5.74) is 0.408. The van der Waals surface area contributed by atoms with E-state index in [0.29, 0.717) is 12.2 Å². The van der Waals surface area contributed by atoms with Gasteiger partial charge in [0.25, 0.3) is 0 Å². The first-order chi connectivity index (χ1) is 10.5. The molecule has 0 unspecified atom stereocenters. The molecule has 1 fully saturated rings. The molecule has 0 bridgehead atoms. The lowest BCUT2D eigenvalue weighted by molar-refractivity contribution is 0.190. The van der Waals surface area contributed by atoms with Gasteiger partial charge in [0.1, 0.15) is 5.82 Å². The quantitative estimate of drug-likeness (QED) is 0.809. The van der Waals surface area contributed by atoms with Gasteiger partial charge in [-0.2, -0.15) is 0 Å². The van der Waals surface area contributed by atoms with E-state index in [9.17, 15) is 9.18 Å². The van der Waals surface area contributed by atoms with E-state index in [0.717, 1.165) is 32.0 Å². The fourth-order valence-electron chi connectivity index (χ4n) is 2.55. The van der Waals surface area contributed by atoms with Gasteiger partial charge < -0.3 is 15.5 Å². The summed E-state index contributed by atoms with van der Waals surface area (Å²) in [6.45, 7) is 6.21. The number of carbonyl (C=O) groups is 1. The summed E-state index contributed by atoms with van der Waals surface area (Å²) in [7, 11) is 0. The number of benzene rings is 1. The van der Waals surface area contributed by atoms with Gasteiger partial charge in [-0.05, 0) is 63.0 Å². The van der Waals surface area contributed by atoms with Crippen LogP contribution in [0.3, 0.4) is 0 Å². The van der Waals surface area contributed by atoms with Crippen molar-refractivity contribution in [2.24, 2.45) is 5.92 Å². The van der Waals surface area contributed by atoms with Crippen molar-refractivity contribution in [3.05, 3.63) is 29.0 Å². The molecule has 1 aromatic rings. The zero-order valence-electron chi connectivity index (χ0n) is 12.9. The third kappa shape index (κ3) is 5.46. The highest BCUT2D eigenvalue weighted by Gasteiger charge is 2.14. The van der Waals surface area contributed by atoms with Gasteiger partial charge in [0, 0.05) is 6.54 Å². The Morgan fingerprint density at radius 2 is 2.14 bits per heavy atom. The van der Waals surface area contributed by atoms with E-state index in [1.165, 1.54) is 31.0 Å². The predicted molar refractivity (Wildman–Crippen MR) is 87.9 cm³/mol. The van der Waals surface area contributed by atoms with Crippen LogP contribution in [0.15, 0.2) is 18.2 Å². The number of piperidine rings is 1. The highest BCUT2D eigenvalue weighted by Crippen LogP contribution is 2.22. The monoisotopic (exact) mass is 327 g/mol. The van der Waals surface area contributed by atoms with E-state index < -0.39 is 5.82 Å². The molecular formula is C16H23ClFN3O. The molecule has 4 nitrogen and oxygen atoms in total. The van der Waals surface area contributed by atoms with Gasteiger partial charge >= 0.3 is 6.03 Å². The molecule has 0 aromatic heterocycles. The number of nitrogens with zero attached hydrogens (tertiary/aromatic N) is 1. The van der Waals surface area contributed by atoms with Crippen LogP contribution in [-0.4, -0.2) is 37.1 Å². The van der Waals surface area contributed by atoms with Gasteiger partial charge in [0.15, 0.2) is 0 Å². The van der Waals surface area contributed by atoms with E-state index in [1.54, 1.807) is 0 Å². The number of anilines is 1. The van der Waals surface area contributed by atoms with E-state index in [4.69, 9.17) is 11.6 Å². The Morgan fingerprint density at radius 1 is 1.41 bits per heavy atom. The van der Waals surface area contributed by atoms with Crippen molar-refractivity contribution in [1.82, 2.24) is 10.2 Å². The second kappa shape index (κ2) is 8.34. The number of hydrogen-bond acceptors (Lipinski definition) is 2. The fraction of sp³-hybridized carbons (Fsp3) is 0.562. The molecule has 1 aliphatic rings. The van der Waals surface area contributed by atoms with Crippen molar-refractivity contribution in [1.29, 1.82) is 0 Å². The zero-order chi connectivity index (χ0) is 15.9. The summed E-state index contributed by atoms with van der Waals surface area (Å²) in [4.78, 5) is 14.2. The molecule has 2 amide bonds. The van der Waals surface area contributed by atoms with Crippen LogP contribution in [0.5, 0.6) is 0 Å². The Hall–Kier alpha value is -1.33. The minimum atomic E-state index is -0.424. The number of likely N-dealkylation sites (tertiary alicyclic amines) is 1. The number of nitrogens with one attached hydrogen (secondary N) is 2. The topological polar surface area (TPSA) is 44.4 Å². The average Bonchev–Trinajstić information content (AvgIpc) is 2.48. The summed E-state index contributed by atoms with van der Waals surface area (Å²) in [5, 5.41) is 5.60. The maximum Gasteiger partial charge on any atom is 0.319 e. The molecule has 2 N–H and O–H groups in total. The zero-order valence-corrected chi connectivity index (χ0v) is 13.6. The van der Waals surface area contributed by atoms with Crippen molar-refractivity contribution in [3.8, 4) is 0 Å². The lowest BCUT2D eigenvalue weighted by atomic mass is 9.99. The van der Waals surface area contributed by atoms with Crippen molar-refractivity contribution in [2.45, 2.75) is 26.2 Å². The number of rotatable bonds is 5. The third-order valence-corrected chi connectivity index (χ3v) is 4.30. The molecule has 1 saturated heterocycles. The maximum absolute atomic E-state index is 12.9. The number of amides is 2. The Morgan fingerprint density at radius 3 is 2.82 bits per heavy atom. The second-order valence-electron chi connectivity index (χ2n) is 5.88. The van der Waals surface area contributed by atoms with Crippen molar-refractivity contribution >= 4 is 23.3 Å². The van der Waals surface area contributed by atoms with Crippen LogP contribution < -0.4 is 10.6 Å². The molecule has 0 aliphatic carbocycles. The van der Waals surface area contributed by atoms with Gasteiger partial charge in [-0.1, -0.05) is 18.5 Å². The Labute approximate surface area is 136 Å². The molecule has 0 spiro atoms. The number of urea groups is 1. The summed E-state index contributed by atoms with van der Waals surface area (Å²) >= 11 is 5.86. The lowest BCUT2D eigenvalue weighted by Crippen LogP contribution is -2.36. The van der Waals surface area contributed by atoms with Crippen LogP contribution in [0.25, 0.3) is 0 Å². The third-order valence-electron chi connectivity index (χ3n) is 3.99. The second-order valence-corrected chi connectivity index (χ2v) is 6.29. The molecule has 0 radical (unpaired) electrons. The molecule has 1 aromatic carbocycles. The predicted octanol–water partition coefficient (Wildman–Crippen LogP) is 3.72. The number of hydrogen-bond donors (Lipinski definition) is 2. The fourth-order valence-corrected chi connectivity index (χ4v) is 2.76. The van der Waals surface area contributed by atoms with Crippen LogP contribution in [0.1, 0.15) is 26.2 Å². The lowest BCUT2D eigenvalue weighted by Gasteiger charge is -2.30. The maximum atomic E-state index is 12.9. The normalized spacial score (nSPS) is 16.5. The van der Waals surface area contributed by atoms with Crippen molar-refractivity contribution in [3.63, 3.8) is 0 Å². The van der Waals surface area contributed by atoms with Gasteiger partial charge in [-0.3, -0.25) is 0 Å². The molecule has 0 saturated carbocycles. The van der Waals surface area contributed by atoms with Crippen molar-refractivity contribution < 1.29 is 9.18 Å². The minimum absolute atomic E-state index is 0.192. The Bertz CT molecular complexity index is 504. The first kappa shape index (κ1) is 17.0.